The molecule has 0 aromatic heterocycles. The highest BCUT2D eigenvalue weighted by Crippen LogP contribution is 2.31. The molecule has 0 radical (unpaired) electrons. The lowest BCUT2D eigenvalue weighted by Crippen LogP contribution is -2.39. The van der Waals surface area contributed by atoms with Crippen LogP contribution >= 0.6 is 12.4 Å². The van der Waals surface area contributed by atoms with Gasteiger partial charge in [-0.15, -0.1) is 12.4 Å². The summed E-state index contributed by atoms with van der Waals surface area (Å²) >= 11 is 0. The Balaban J connectivity index is 0.00000161. The van der Waals surface area contributed by atoms with E-state index in [9.17, 15) is 8.42 Å². The molecule has 5 nitrogen and oxygen atoms in total. The molecule has 0 bridgehead atoms. The molecular weight excluding hydrogens is 310 g/mol. The number of nitrogens with one attached hydrogen (secondary N) is 1. The third-order valence-corrected chi connectivity index (χ3v) is 7.23. The molecule has 0 unspecified atom stereocenters. The first-order valence-corrected chi connectivity index (χ1v) is 9.58. The normalized spacial score (nSPS) is 27.0. The molecule has 0 aromatic carbocycles. The number of hydrogen-bond donors (Lipinski definition) is 1. The first-order valence-electron chi connectivity index (χ1n) is 8.08. The topological polar surface area (TPSA) is 52.7 Å². The van der Waals surface area contributed by atoms with Crippen molar-refractivity contribution in [2.45, 2.75) is 37.4 Å². The second kappa shape index (κ2) is 7.59. The van der Waals surface area contributed by atoms with E-state index in [2.05, 4.69) is 10.2 Å². The Kier molecular flexibility index (Phi) is 6.32. The number of piperidine rings is 1. The molecule has 21 heavy (non-hydrogen) atoms. The molecule has 3 aliphatic rings. The van der Waals surface area contributed by atoms with Crippen LogP contribution in [0.5, 0.6) is 0 Å². The fourth-order valence-corrected chi connectivity index (χ4v) is 5.26. The number of hydrogen-bond acceptors (Lipinski definition) is 4. The highest BCUT2D eigenvalue weighted by atomic mass is 35.5. The monoisotopic (exact) mass is 337 g/mol. The van der Waals surface area contributed by atoms with Crippen molar-refractivity contribution in [3.63, 3.8) is 0 Å². The van der Waals surface area contributed by atoms with Crippen molar-refractivity contribution in [1.82, 2.24) is 14.5 Å². The minimum atomic E-state index is -2.97. The predicted octanol–water partition coefficient (Wildman–Crippen LogP) is 0.908. The summed E-state index contributed by atoms with van der Waals surface area (Å²) in [6.45, 7) is 6.82. The summed E-state index contributed by atoms with van der Waals surface area (Å²) in [6, 6.07) is 0. The van der Waals surface area contributed by atoms with Gasteiger partial charge in [0, 0.05) is 26.2 Å². The van der Waals surface area contributed by atoms with Crippen LogP contribution in [0.4, 0.5) is 0 Å². The summed E-state index contributed by atoms with van der Waals surface area (Å²) < 4.78 is 26.3. The number of rotatable bonds is 4. The van der Waals surface area contributed by atoms with Gasteiger partial charge in [0.05, 0.1) is 5.25 Å². The average Bonchev–Trinajstić information content (AvgIpc) is 3.27. The molecule has 1 saturated carbocycles. The molecule has 0 spiro atoms. The van der Waals surface area contributed by atoms with E-state index in [1.165, 1.54) is 12.8 Å². The van der Waals surface area contributed by atoms with Gasteiger partial charge >= 0.3 is 0 Å². The van der Waals surface area contributed by atoms with Crippen LogP contribution in [0.25, 0.3) is 0 Å². The maximum Gasteiger partial charge on any atom is 0.217 e. The number of halogens is 1. The first-order chi connectivity index (χ1) is 9.66. The van der Waals surface area contributed by atoms with Gasteiger partial charge in [-0.25, -0.2) is 12.7 Å². The van der Waals surface area contributed by atoms with E-state index >= 15 is 0 Å². The minimum Gasteiger partial charge on any atom is -0.317 e. The molecule has 0 atom stereocenters. The molecule has 1 aliphatic carbocycles. The molecule has 2 aliphatic heterocycles. The number of sulfonamides is 1. The summed E-state index contributed by atoms with van der Waals surface area (Å²) in [5.74, 6) is 0.794. The van der Waals surface area contributed by atoms with Crippen molar-refractivity contribution in [3.8, 4) is 0 Å². The van der Waals surface area contributed by atoms with Gasteiger partial charge < -0.3 is 10.2 Å². The summed E-state index contributed by atoms with van der Waals surface area (Å²) in [6.07, 6.45) is 5.26. The van der Waals surface area contributed by atoms with Crippen molar-refractivity contribution >= 4 is 22.4 Å². The van der Waals surface area contributed by atoms with Crippen molar-refractivity contribution in [2.75, 3.05) is 45.8 Å². The third kappa shape index (κ3) is 4.55. The van der Waals surface area contributed by atoms with Gasteiger partial charge in [-0.1, -0.05) is 0 Å². The summed E-state index contributed by atoms with van der Waals surface area (Å²) in [5.41, 5.74) is 0. The Morgan fingerprint density at radius 3 is 2.33 bits per heavy atom. The fourth-order valence-electron chi connectivity index (χ4n) is 3.39. The molecule has 3 rings (SSSR count). The van der Waals surface area contributed by atoms with Gasteiger partial charge in [0.15, 0.2) is 0 Å². The Hall–Kier alpha value is 0.120. The van der Waals surface area contributed by atoms with Gasteiger partial charge in [0.25, 0.3) is 0 Å². The Labute approximate surface area is 134 Å². The standard InChI is InChI=1S/C14H27N3O2S.ClH/c18-20(19,14-2-3-14)17-9-1-8-16(10-11-17)12-13-4-6-15-7-5-13;/h13-15H,1-12H2;1H. The Bertz CT molecular complexity index is 422. The quantitative estimate of drug-likeness (QED) is 0.828. The van der Waals surface area contributed by atoms with Crippen molar-refractivity contribution in [1.29, 1.82) is 0 Å². The SMILES string of the molecule is Cl.O=S(=O)(C1CC1)N1CCCN(CC2CCNCC2)CC1. The zero-order valence-electron chi connectivity index (χ0n) is 12.7. The van der Waals surface area contributed by atoms with E-state index in [4.69, 9.17) is 0 Å². The molecular formula is C14H28ClN3O2S. The van der Waals surface area contributed by atoms with Crippen LogP contribution in [0.15, 0.2) is 0 Å². The maximum atomic E-state index is 12.3. The molecule has 1 N–H and O–H groups in total. The lowest BCUT2D eigenvalue weighted by Gasteiger charge is -2.29. The van der Waals surface area contributed by atoms with Crippen LogP contribution in [0.2, 0.25) is 0 Å². The minimum absolute atomic E-state index is 0. The maximum absolute atomic E-state index is 12.3. The molecule has 3 fully saturated rings. The average molecular weight is 338 g/mol. The third-order valence-electron chi connectivity index (χ3n) is 4.83. The second-order valence-electron chi connectivity index (χ2n) is 6.49. The molecule has 124 valence electrons. The summed E-state index contributed by atoms with van der Waals surface area (Å²) in [5, 5.41) is 3.35. The second-order valence-corrected chi connectivity index (χ2v) is 8.70. The molecule has 2 heterocycles. The van der Waals surface area contributed by atoms with E-state index in [0.29, 0.717) is 6.54 Å². The molecule has 7 heteroatoms. The van der Waals surface area contributed by atoms with E-state index in [-0.39, 0.29) is 17.7 Å². The van der Waals surface area contributed by atoms with Gasteiger partial charge in [0.1, 0.15) is 0 Å². The van der Waals surface area contributed by atoms with E-state index < -0.39 is 10.0 Å². The highest BCUT2D eigenvalue weighted by molar-refractivity contribution is 7.90. The lowest BCUT2D eigenvalue weighted by molar-refractivity contribution is 0.213. The molecule has 0 amide bonds. The molecule has 0 aromatic rings. The summed E-state index contributed by atoms with van der Waals surface area (Å²) in [7, 11) is -2.97. The Morgan fingerprint density at radius 2 is 1.67 bits per heavy atom. The van der Waals surface area contributed by atoms with Crippen molar-refractivity contribution < 1.29 is 8.42 Å². The smallest absolute Gasteiger partial charge is 0.217 e. The number of nitrogens with zero attached hydrogens (tertiary/aromatic N) is 2. The van der Waals surface area contributed by atoms with E-state index in [0.717, 1.165) is 64.4 Å². The largest absolute Gasteiger partial charge is 0.317 e. The van der Waals surface area contributed by atoms with E-state index in [1.807, 2.05) is 0 Å². The summed E-state index contributed by atoms with van der Waals surface area (Å²) in [4.78, 5) is 2.48. The Morgan fingerprint density at radius 1 is 0.952 bits per heavy atom. The highest BCUT2D eigenvalue weighted by Gasteiger charge is 2.40. The van der Waals surface area contributed by atoms with Crippen LogP contribution in [0.3, 0.4) is 0 Å². The lowest BCUT2D eigenvalue weighted by atomic mass is 9.97. The van der Waals surface area contributed by atoms with Gasteiger partial charge in [-0.05, 0) is 57.7 Å². The van der Waals surface area contributed by atoms with Crippen LogP contribution in [-0.2, 0) is 10.0 Å². The van der Waals surface area contributed by atoms with Crippen molar-refractivity contribution in [2.24, 2.45) is 5.92 Å². The van der Waals surface area contributed by atoms with Gasteiger partial charge in [0.2, 0.25) is 10.0 Å². The zero-order chi connectivity index (χ0) is 14.0. The van der Waals surface area contributed by atoms with E-state index in [1.54, 1.807) is 4.31 Å². The predicted molar refractivity (Wildman–Crippen MR) is 87.4 cm³/mol. The zero-order valence-corrected chi connectivity index (χ0v) is 14.3. The van der Waals surface area contributed by atoms with Crippen LogP contribution < -0.4 is 5.32 Å². The molecule has 2 saturated heterocycles. The van der Waals surface area contributed by atoms with Crippen molar-refractivity contribution in [3.05, 3.63) is 0 Å². The van der Waals surface area contributed by atoms with Crippen LogP contribution in [0.1, 0.15) is 32.1 Å². The van der Waals surface area contributed by atoms with Gasteiger partial charge in [-0.2, -0.15) is 0 Å². The van der Waals surface area contributed by atoms with Crippen LogP contribution in [-0.4, -0.2) is 68.7 Å². The van der Waals surface area contributed by atoms with Crippen LogP contribution in [0, 0.1) is 5.92 Å². The van der Waals surface area contributed by atoms with Gasteiger partial charge in [-0.3, -0.25) is 0 Å². The first kappa shape index (κ1) is 17.5. The fraction of sp³-hybridized carbons (Fsp3) is 1.00.